The summed E-state index contributed by atoms with van der Waals surface area (Å²) in [7, 11) is 0. The van der Waals surface area contributed by atoms with Gasteiger partial charge in [0, 0.05) is 5.69 Å². The first-order valence-electron chi connectivity index (χ1n) is 5.93. The molecule has 1 aromatic heterocycles. The van der Waals surface area contributed by atoms with Gasteiger partial charge >= 0.3 is 6.09 Å². The quantitative estimate of drug-likeness (QED) is 0.812. The van der Waals surface area contributed by atoms with E-state index in [0.717, 1.165) is 25.0 Å². The maximum atomic E-state index is 11.6. The topological polar surface area (TPSA) is 51.2 Å². The second-order valence-electron chi connectivity index (χ2n) is 5.28. The Morgan fingerprint density at radius 2 is 2.12 bits per heavy atom. The minimum Gasteiger partial charge on any atom is -0.444 e. The lowest BCUT2D eigenvalue weighted by Gasteiger charge is -2.19. The summed E-state index contributed by atoms with van der Waals surface area (Å²) in [4.78, 5) is 16.0. The number of pyridine rings is 1. The fourth-order valence-electron chi connectivity index (χ4n) is 1.90. The van der Waals surface area contributed by atoms with E-state index in [1.165, 1.54) is 5.56 Å². The van der Waals surface area contributed by atoms with Crippen LogP contribution in [0.1, 0.15) is 38.4 Å². The van der Waals surface area contributed by atoms with E-state index in [-0.39, 0.29) is 0 Å². The molecule has 0 unspecified atom stereocenters. The van der Waals surface area contributed by atoms with Crippen molar-refractivity contribution in [2.75, 3.05) is 5.32 Å². The molecule has 1 aliphatic rings. The van der Waals surface area contributed by atoms with Crippen molar-refractivity contribution in [3.05, 3.63) is 23.4 Å². The highest BCUT2D eigenvalue weighted by molar-refractivity contribution is 5.83. The maximum Gasteiger partial charge on any atom is 0.413 e. The number of nitrogens with zero attached hydrogens (tertiary/aromatic N) is 1. The van der Waals surface area contributed by atoms with E-state index < -0.39 is 11.7 Å². The van der Waals surface area contributed by atoms with Crippen molar-refractivity contribution < 1.29 is 9.53 Å². The number of carbonyl (C=O) groups excluding carboxylic acids is 1. The van der Waals surface area contributed by atoms with Crippen LogP contribution in [0.15, 0.2) is 12.1 Å². The van der Waals surface area contributed by atoms with Crippen LogP contribution in [0.25, 0.3) is 0 Å². The summed E-state index contributed by atoms with van der Waals surface area (Å²) in [5, 5.41) is 2.66. The largest absolute Gasteiger partial charge is 0.444 e. The molecule has 17 heavy (non-hydrogen) atoms. The molecule has 0 saturated carbocycles. The number of amides is 1. The van der Waals surface area contributed by atoms with Gasteiger partial charge in [-0.1, -0.05) is 6.07 Å². The van der Waals surface area contributed by atoms with Crippen molar-refractivity contribution in [3.63, 3.8) is 0 Å². The van der Waals surface area contributed by atoms with E-state index in [1.807, 2.05) is 32.9 Å². The normalized spacial score (nSPS) is 14.3. The number of ether oxygens (including phenoxy) is 1. The Balaban J connectivity index is 2.02. The van der Waals surface area contributed by atoms with Gasteiger partial charge in [-0.15, -0.1) is 0 Å². The fourth-order valence-corrected chi connectivity index (χ4v) is 1.90. The smallest absolute Gasteiger partial charge is 0.413 e. The molecule has 1 aromatic rings. The monoisotopic (exact) mass is 234 g/mol. The lowest BCUT2D eigenvalue weighted by molar-refractivity contribution is 0.0635. The Bertz CT molecular complexity index is 436. The number of carbonyl (C=O) groups is 1. The van der Waals surface area contributed by atoms with Crippen LogP contribution in [0.5, 0.6) is 0 Å². The first-order valence-corrected chi connectivity index (χ1v) is 5.93. The van der Waals surface area contributed by atoms with Crippen molar-refractivity contribution >= 4 is 11.9 Å². The summed E-state index contributed by atoms with van der Waals surface area (Å²) in [6.45, 7) is 5.51. The number of fused-ring (bicyclic) bond motifs is 1. The van der Waals surface area contributed by atoms with Crippen molar-refractivity contribution in [1.82, 2.24) is 4.98 Å². The SMILES string of the molecule is CC(C)(C)OC(=O)Nc1ccc2c(n1)CCC2. The number of rotatable bonds is 1. The number of hydrogen-bond acceptors (Lipinski definition) is 3. The molecule has 0 atom stereocenters. The summed E-state index contributed by atoms with van der Waals surface area (Å²) in [6.07, 6.45) is 2.79. The Labute approximate surface area is 101 Å². The number of anilines is 1. The van der Waals surface area contributed by atoms with Crippen molar-refractivity contribution in [2.45, 2.75) is 45.6 Å². The summed E-state index contributed by atoms with van der Waals surface area (Å²) in [5.41, 5.74) is 1.90. The molecule has 2 rings (SSSR count). The van der Waals surface area contributed by atoms with Crippen LogP contribution in [0.2, 0.25) is 0 Å². The molecule has 0 radical (unpaired) electrons. The number of aryl methyl sites for hydroxylation is 2. The van der Waals surface area contributed by atoms with Crippen LogP contribution in [0.3, 0.4) is 0 Å². The highest BCUT2D eigenvalue weighted by Crippen LogP contribution is 2.21. The minimum absolute atomic E-state index is 0.456. The van der Waals surface area contributed by atoms with Crippen LogP contribution >= 0.6 is 0 Å². The van der Waals surface area contributed by atoms with Crippen molar-refractivity contribution in [2.24, 2.45) is 0 Å². The molecule has 1 heterocycles. The third-order valence-corrected chi connectivity index (χ3v) is 2.56. The molecule has 92 valence electrons. The van der Waals surface area contributed by atoms with E-state index in [9.17, 15) is 4.79 Å². The molecular formula is C13H18N2O2. The molecule has 4 heteroatoms. The van der Waals surface area contributed by atoms with Crippen LogP contribution in [-0.4, -0.2) is 16.7 Å². The molecule has 0 spiro atoms. The zero-order valence-electron chi connectivity index (χ0n) is 10.5. The number of aromatic nitrogens is 1. The van der Waals surface area contributed by atoms with Gasteiger partial charge in [0.15, 0.2) is 0 Å². The first-order chi connectivity index (χ1) is 7.94. The molecule has 4 nitrogen and oxygen atoms in total. The van der Waals surface area contributed by atoms with Crippen LogP contribution in [-0.2, 0) is 17.6 Å². The molecule has 1 amide bonds. The van der Waals surface area contributed by atoms with Gasteiger partial charge in [0.1, 0.15) is 11.4 Å². The van der Waals surface area contributed by atoms with Gasteiger partial charge in [-0.05, 0) is 51.7 Å². The predicted octanol–water partition coefficient (Wildman–Crippen LogP) is 2.92. The van der Waals surface area contributed by atoms with Gasteiger partial charge in [0.2, 0.25) is 0 Å². The first kappa shape index (κ1) is 11.9. The summed E-state index contributed by atoms with van der Waals surface area (Å²) < 4.78 is 5.17. The van der Waals surface area contributed by atoms with Gasteiger partial charge in [0.25, 0.3) is 0 Å². The third-order valence-electron chi connectivity index (χ3n) is 2.56. The molecule has 0 saturated heterocycles. The van der Waals surface area contributed by atoms with Crippen molar-refractivity contribution in [3.8, 4) is 0 Å². The zero-order valence-corrected chi connectivity index (χ0v) is 10.5. The summed E-state index contributed by atoms with van der Waals surface area (Å²) in [6, 6.07) is 3.86. The second kappa shape index (κ2) is 4.35. The highest BCUT2D eigenvalue weighted by atomic mass is 16.6. The van der Waals surface area contributed by atoms with Crippen molar-refractivity contribution in [1.29, 1.82) is 0 Å². The number of hydrogen-bond donors (Lipinski definition) is 1. The third kappa shape index (κ3) is 3.19. The zero-order chi connectivity index (χ0) is 12.5. The minimum atomic E-state index is -0.485. The van der Waals surface area contributed by atoms with Gasteiger partial charge in [-0.3, -0.25) is 5.32 Å². The van der Waals surface area contributed by atoms with Gasteiger partial charge in [-0.25, -0.2) is 9.78 Å². The molecule has 0 bridgehead atoms. The number of nitrogens with one attached hydrogen (secondary N) is 1. The second-order valence-corrected chi connectivity index (χ2v) is 5.28. The Hall–Kier alpha value is -1.58. The summed E-state index contributed by atoms with van der Waals surface area (Å²) in [5.74, 6) is 0.569. The van der Waals surface area contributed by atoms with E-state index in [1.54, 1.807) is 0 Å². The average Bonchev–Trinajstić information content (AvgIpc) is 2.61. The van der Waals surface area contributed by atoms with Gasteiger partial charge < -0.3 is 4.74 Å². The van der Waals surface area contributed by atoms with E-state index >= 15 is 0 Å². The van der Waals surface area contributed by atoms with Crippen LogP contribution in [0, 0.1) is 0 Å². The average molecular weight is 234 g/mol. The molecule has 0 aliphatic heterocycles. The molecule has 1 N–H and O–H groups in total. The van der Waals surface area contributed by atoms with Crippen LogP contribution in [0.4, 0.5) is 10.6 Å². The lowest BCUT2D eigenvalue weighted by atomic mass is 10.2. The fraction of sp³-hybridized carbons (Fsp3) is 0.538. The molecule has 1 aliphatic carbocycles. The molecule has 0 fully saturated rings. The van der Waals surface area contributed by atoms with Gasteiger partial charge in [-0.2, -0.15) is 0 Å². The lowest BCUT2D eigenvalue weighted by Crippen LogP contribution is -2.27. The molecule has 0 aromatic carbocycles. The molecular weight excluding hydrogens is 216 g/mol. The standard InChI is InChI=1S/C13H18N2O2/c1-13(2,3)17-12(16)15-11-8-7-9-5-4-6-10(9)14-11/h7-8H,4-6H2,1-3H3,(H,14,15,16). The van der Waals surface area contributed by atoms with Gasteiger partial charge in [0.05, 0.1) is 0 Å². The van der Waals surface area contributed by atoms with Crippen LogP contribution < -0.4 is 5.32 Å². The Kier molecular flexibility index (Phi) is 3.05. The highest BCUT2D eigenvalue weighted by Gasteiger charge is 2.18. The predicted molar refractivity (Wildman–Crippen MR) is 66.1 cm³/mol. The Morgan fingerprint density at radius 3 is 2.82 bits per heavy atom. The maximum absolute atomic E-state index is 11.6. The summed E-state index contributed by atoms with van der Waals surface area (Å²) >= 11 is 0. The Morgan fingerprint density at radius 1 is 1.35 bits per heavy atom. The van der Waals surface area contributed by atoms with E-state index in [4.69, 9.17) is 4.74 Å². The van der Waals surface area contributed by atoms with E-state index in [0.29, 0.717) is 5.82 Å². The van der Waals surface area contributed by atoms with E-state index in [2.05, 4.69) is 10.3 Å².